The molecular weight excluding hydrogens is 308 g/mol. The summed E-state index contributed by atoms with van der Waals surface area (Å²) in [7, 11) is -0.466. The van der Waals surface area contributed by atoms with Crippen LogP contribution in [-0.2, 0) is 9.31 Å². The molecule has 1 fully saturated rings. The van der Waals surface area contributed by atoms with Gasteiger partial charge in [-0.05, 0) is 50.9 Å². The van der Waals surface area contributed by atoms with Crippen LogP contribution in [-0.4, -0.2) is 24.9 Å². The molecule has 2 N–H and O–H groups in total. The lowest BCUT2D eigenvalue weighted by Crippen LogP contribution is -2.41. The molecular formula is C15H20BCl2NO2. The smallest absolute Gasteiger partial charge is 0.400 e. The first-order valence-corrected chi connectivity index (χ1v) is 7.63. The van der Waals surface area contributed by atoms with E-state index in [9.17, 15) is 0 Å². The third-order valence-corrected chi connectivity index (χ3v) is 4.66. The second-order valence-electron chi connectivity index (χ2n) is 6.18. The Morgan fingerprint density at radius 1 is 1.19 bits per heavy atom. The zero-order valence-corrected chi connectivity index (χ0v) is 14.3. The van der Waals surface area contributed by atoms with Crippen LogP contribution < -0.4 is 5.73 Å². The third-order valence-electron chi connectivity index (χ3n) is 4.10. The quantitative estimate of drug-likeness (QED) is 0.854. The molecule has 1 aromatic rings. The molecule has 0 radical (unpaired) electrons. The van der Waals surface area contributed by atoms with Crippen molar-refractivity contribution in [2.75, 3.05) is 6.54 Å². The zero-order valence-electron chi connectivity index (χ0n) is 12.7. The predicted octanol–water partition coefficient (Wildman–Crippen LogP) is 3.97. The van der Waals surface area contributed by atoms with Crippen molar-refractivity contribution in [2.24, 2.45) is 5.73 Å². The summed E-state index contributed by atoms with van der Waals surface area (Å²) in [6.45, 7) is 8.37. The maximum Gasteiger partial charge on any atom is 0.491 e. The highest BCUT2D eigenvalue weighted by molar-refractivity contribution is 6.56. The van der Waals surface area contributed by atoms with Gasteiger partial charge >= 0.3 is 7.12 Å². The van der Waals surface area contributed by atoms with Gasteiger partial charge in [-0.2, -0.15) is 0 Å². The van der Waals surface area contributed by atoms with Gasteiger partial charge in [-0.1, -0.05) is 35.3 Å². The van der Waals surface area contributed by atoms with Gasteiger partial charge in [-0.25, -0.2) is 0 Å². The van der Waals surface area contributed by atoms with E-state index in [0.29, 0.717) is 16.6 Å². The molecule has 6 heteroatoms. The van der Waals surface area contributed by atoms with Crippen LogP contribution in [0.1, 0.15) is 33.3 Å². The summed E-state index contributed by atoms with van der Waals surface area (Å²) >= 11 is 12.1. The molecule has 21 heavy (non-hydrogen) atoms. The summed E-state index contributed by atoms with van der Waals surface area (Å²) in [5.74, 6) is 0. The topological polar surface area (TPSA) is 44.5 Å². The molecule has 1 aromatic carbocycles. The molecule has 0 amide bonds. The van der Waals surface area contributed by atoms with Gasteiger partial charge in [0.1, 0.15) is 0 Å². The van der Waals surface area contributed by atoms with E-state index in [4.69, 9.17) is 38.2 Å². The van der Waals surface area contributed by atoms with Gasteiger partial charge in [0, 0.05) is 16.6 Å². The van der Waals surface area contributed by atoms with E-state index in [0.717, 1.165) is 11.0 Å². The van der Waals surface area contributed by atoms with E-state index in [1.54, 1.807) is 12.1 Å². The van der Waals surface area contributed by atoms with Crippen molar-refractivity contribution >= 4 is 36.4 Å². The average molecular weight is 328 g/mol. The Labute approximate surface area is 136 Å². The van der Waals surface area contributed by atoms with Gasteiger partial charge in [0.25, 0.3) is 0 Å². The molecule has 3 nitrogen and oxygen atoms in total. The summed E-state index contributed by atoms with van der Waals surface area (Å²) in [5.41, 5.74) is 6.76. The summed E-state index contributed by atoms with van der Waals surface area (Å²) in [4.78, 5) is 0. The van der Waals surface area contributed by atoms with Crippen LogP contribution in [0.5, 0.6) is 0 Å². The Morgan fingerprint density at radius 3 is 2.24 bits per heavy atom. The van der Waals surface area contributed by atoms with E-state index in [-0.39, 0.29) is 0 Å². The van der Waals surface area contributed by atoms with E-state index in [1.807, 2.05) is 39.8 Å². The van der Waals surface area contributed by atoms with E-state index < -0.39 is 18.3 Å². The highest BCUT2D eigenvalue weighted by Gasteiger charge is 2.52. The Balaban J connectivity index is 2.31. The molecule has 2 rings (SSSR count). The first-order valence-electron chi connectivity index (χ1n) is 6.87. The fourth-order valence-electron chi connectivity index (χ4n) is 2.04. The van der Waals surface area contributed by atoms with Gasteiger partial charge in [0.2, 0.25) is 0 Å². The molecule has 0 aliphatic carbocycles. The number of benzene rings is 1. The summed E-state index contributed by atoms with van der Waals surface area (Å²) in [6, 6.07) is 5.34. The summed E-state index contributed by atoms with van der Waals surface area (Å²) in [5, 5.41) is 1.17. The van der Waals surface area contributed by atoms with Crippen LogP contribution in [0.25, 0.3) is 6.08 Å². The Bertz CT molecular complexity index is 557. The molecule has 114 valence electrons. The second kappa shape index (κ2) is 5.94. The summed E-state index contributed by atoms with van der Waals surface area (Å²) in [6.07, 6.45) is 1.90. The number of rotatable bonds is 3. The minimum atomic E-state index is -0.466. The minimum Gasteiger partial charge on any atom is -0.400 e. The van der Waals surface area contributed by atoms with Crippen molar-refractivity contribution in [1.29, 1.82) is 0 Å². The number of hydrogen-bond donors (Lipinski definition) is 1. The molecule has 0 spiro atoms. The first kappa shape index (κ1) is 16.8. The fourth-order valence-corrected chi connectivity index (χ4v) is 2.50. The molecule has 0 atom stereocenters. The number of hydrogen-bond acceptors (Lipinski definition) is 3. The SMILES string of the molecule is CC1(C)OB(C(=Cc2ccc(Cl)cc2Cl)CN)OC1(C)C. The van der Waals surface area contributed by atoms with Crippen molar-refractivity contribution < 1.29 is 9.31 Å². The fraction of sp³-hybridized carbons (Fsp3) is 0.467. The predicted molar refractivity (Wildman–Crippen MR) is 89.6 cm³/mol. The van der Waals surface area contributed by atoms with Crippen molar-refractivity contribution in [1.82, 2.24) is 0 Å². The normalized spacial score (nSPS) is 20.9. The Morgan fingerprint density at radius 2 is 1.76 bits per heavy atom. The number of nitrogens with two attached hydrogens (primary N) is 1. The van der Waals surface area contributed by atoms with Gasteiger partial charge in [-0.3, -0.25) is 0 Å². The first-order chi connectivity index (χ1) is 9.66. The van der Waals surface area contributed by atoms with Crippen LogP contribution >= 0.6 is 23.2 Å². The van der Waals surface area contributed by atoms with Crippen molar-refractivity contribution in [3.8, 4) is 0 Å². The van der Waals surface area contributed by atoms with Crippen LogP contribution in [0.4, 0.5) is 0 Å². The molecule has 1 aliphatic rings. The zero-order chi connectivity index (χ0) is 15.8. The van der Waals surface area contributed by atoms with Crippen LogP contribution in [0.3, 0.4) is 0 Å². The van der Waals surface area contributed by atoms with Crippen LogP contribution in [0.2, 0.25) is 10.0 Å². The Kier molecular flexibility index (Phi) is 4.76. The molecule has 0 unspecified atom stereocenters. The number of halogens is 2. The van der Waals surface area contributed by atoms with Crippen LogP contribution in [0, 0.1) is 0 Å². The van der Waals surface area contributed by atoms with Crippen molar-refractivity contribution in [3.05, 3.63) is 39.3 Å². The Hall–Kier alpha value is -0.515. The second-order valence-corrected chi connectivity index (χ2v) is 7.02. The average Bonchev–Trinajstić information content (AvgIpc) is 2.57. The van der Waals surface area contributed by atoms with Crippen molar-refractivity contribution in [3.63, 3.8) is 0 Å². The van der Waals surface area contributed by atoms with E-state index in [1.165, 1.54) is 0 Å². The van der Waals surface area contributed by atoms with E-state index in [2.05, 4.69) is 0 Å². The standard InChI is InChI=1S/C15H20BCl2NO2/c1-14(2)15(3,4)21-16(20-14)11(9-19)7-10-5-6-12(17)8-13(10)18/h5-8H,9,19H2,1-4H3. The molecule has 0 aromatic heterocycles. The molecule has 0 saturated carbocycles. The lowest BCUT2D eigenvalue weighted by molar-refractivity contribution is 0.00578. The van der Waals surface area contributed by atoms with Gasteiger partial charge < -0.3 is 15.0 Å². The molecule has 1 saturated heterocycles. The van der Waals surface area contributed by atoms with Gasteiger partial charge in [0.15, 0.2) is 0 Å². The lowest BCUT2D eigenvalue weighted by atomic mass is 9.77. The maximum absolute atomic E-state index is 6.20. The maximum atomic E-state index is 6.20. The third kappa shape index (κ3) is 3.46. The van der Waals surface area contributed by atoms with Gasteiger partial charge in [0.05, 0.1) is 11.2 Å². The molecule has 0 bridgehead atoms. The van der Waals surface area contributed by atoms with Gasteiger partial charge in [-0.15, -0.1) is 0 Å². The molecule has 1 heterocycles. The van der Waals surface area contributed by atoms with E-state index >= 15 is 0 Å². The highest BCUT2D eigenvalue weighted by atomic mass is 35.5. The largest absolute Gasteiger partial charge is 0.491 e. The highest BCUT2D eigenvalue weighted by Crippen LogP contribution is 2.38. The monoisotopic (exact) mass is 327 g/mol. The molecule has 1 aliphatic heterocycles. The van der Waals surface area contributed by atoms with Crippen molar-refractivity contribution in [2.45, 2.75) is 38.9 Å². The minimum absolute atomic E-state index is 0.329. The van der Waals surface area contributed by atoms with Crippen LogP contribution in [0.15, 0.2) is 23.7 Å². The summed E-state index contributed by atoms with van der Waals surface area (Å²) < 4.78 is 12.0. The lowest BCUT2D eigenvalue weighted by Gasteiger charge is -2.32.